The largest absolute Gasteiger partial charge is 0.508 e. The summed E-state index contributed by atoms with van der Waals surface area (Å²) in [5.41, 5.74) is 2.08. The Labute approximate surface area is 123 Å². The van der Waals surface area contributed by atoms with Gasteiger partial charge in [0.1, 0.15) is 11.6 Å². The van der Waals surface area contributed by atoms with Crippen LogP contribution < -0.4 is 5.32 Å². The van der Waals surface area contributed by atoms with Crippen LogP contribution in [-0.2, 0) is 12.8 Å². The second-order valence-corrected chi connectivity index (χ2v) is 4.73. The molecule has 2 aromatic rings. The Bertz CT molecular complexity index is 624. The molecule has 0 aliphatic rings. The number of aromatic carboxylic acids is 1. The van der Waals surface area contributed by atoms with Crippen molar-refractivity contribution in [1.82, 2.24) is 4.98 Å². The van der Waals surface area contributed by atoms with Gasteiger partial charge in [0.15, 0.2) is 0 Å². The van der Waals surface area contributed by atoms with Gasteiger partial charge in [-0.05, 0) is 42.7 Å². The lowest BCUT2D eigenvalue weighted by molar-refractivity contribution is 0.0696. The number of carboxylic acid groups (broad SMARTS) is 1. The van der Waals surface area contributed by atoms with E-state index in [-0.39, 0.29) is 11.3 Å². The topological polar surface area (TPSA) is 82.5 Å². The molecule has 0 fully saturated rings. The van der Waals surface area contributed by atoms with Crippen LogP contribution in [0.25, 0.3) is 0 Å². The fourth-order valence-corrected chi connectivity index (χ4v) is 1.98. The average molecular weight is 286 g/mol. The minimum Gasteiger partial charge on any atom is -0.508 e. The van der Waals surface area contributed by atoms with E-state index < -0.39 is 5.97 Å². The number of rotatable bonds is 6. The zero-order valence-corrected chi connectivity index (χ0v) is 11.8. The molecule has 0 saturated carbocycles. The second-order valence-electron chi connectivity index (χ2n) is 4.73. The van der Waals surface area contributed by atoms with E-state index in [0.29, 0.717) is 18.8 Å². The lowest BCUT2D eigenvalue weighted by Crippen LogP contribution is -2.09. The molecule has 2 rings (SSSR count). The number of nitrogens with zero attached hydrogens (tertiary/aromatic N) is 1. The molecule has 110 valence electrons. The van der Waals surface area contributed by atoms with Crippen LogP contribution in [-0.4, -0.2) is 27.7 Å². The Kier molecular flexibility index (Phi) is 4.77. The number of hydrogen-bond acceptors (Lipinski definition) is 4. The van der Waals surface area contributed by atoms with Crippen LogP contribution >= 0.6 is 0 Å². The average Bonchev–Trinajstić information content (AvgIpc) is 2.49. The second kappa shape index (κ2) is 6.74. The molecule has 1 heterocycles. The molecule has 0 saturated heterocycles. The summed E-state index contributed by atoms with van der Waals surface area (Å²) in [7, 11) is 0. The van der Waals surface area contributed by atoms with Crippen molar-refractivity contribution in [3.05, 3.63) is 53.2 Å². The van der Waals surface area contributed by atoms with Crippen molar-refractivity contribution >= 4 is 11.8 Å². The molecular formula is C16H18N2O3. The van der Waals surface area contributed by atoms with Gasteiger partial charge in [-0.2, -0.15) is 0 Å². The van der Waals surface area contributed by atoms with E-state index >= 15 is 0 Å². The fraction of sp³-hybridized carbons (Fsp3) is 0.250. The Morgan fingerprint density at radius 1 is 1.24 bits per heavy atom. The molecule has 0 spiro atoms. The number of anilines is 1. The number of carboxylic acids is 1. The van der Waals surface area contributed by atoms with Crippen LogP contribution in [0.4, 0.5) is 5.82 Å². The Morgan fingerprint density at radius 2 is 1.95 bits per heavy atom. The number of carbonyl (C=O) groups is 1. The van der Waals surface area contributed by atoms with Gasteiger partial charge in [0.25, 0.3) is 0 Å². The summed E-state index contributed by atoms with van der Waals surface area (Å²) in [6, 6.07) is 10.1. The molecule has 1 aromatic heterocycles. The van der Waals surface area contributed by atoms with Crippen molar-refractivity contribution in [2.75, 3.05) is 11.9 Å². The molecule has 3 N–H and O–H groups in total. The first-order valence-corrected chi connectivity index (χ1v) is 6.84. The van der Waals surface area contributed by atoms with Crippen molar-refractivity contribution in [3.63, 3.8) is 0 Å². The number of phenols is 1. The summed E-state index contributed by atoms with van der Waals surface area (Å²) in [5.74, 6) is -0.130. The van der Waals surface area contributed by atoms with Crippen LogP contribution in [0.5, 0.6) is 5.75 Å². The molecule has 0 bridgehead atoms. The van der Waals surface area contributed by atoms with Gasteiger partial charge in [0.05, 0.1) is 5.56 Å². The summed E-state index contributed by atoms with van der Waals surface area (Å²) in [5, 5.41) is 21.4. The SMILES string of the molecule is CCc1cc(C(=O)O)cc(NCCc2ccc(O)cc2)n1. The summed E-state index contributed by atoms with van der Waals surface area (Å²) in [6.45, 7) is 2.58. The van der Waals surface area contributed by atoms with Crippen LogP contribution in [0.15, 0.2) is 36.4 Å². The van der Waals surface area contributed by atoms with E-state index in [1.54, 1.807) is 18.2 Å². The maximum Gasteiger partial charge on any atom is 0.335 e. The van der Waals surface area contributed by atoms with Gasteiger partial charge in [-0.1, -0.05) is 19.1 Å². The highest BCUT2D eigenvalue weighted by molar-refractivity contribution is 5.88. The van der Waals surface area contributed by atoms with Gasteiger partial charge in [0, 0.05) is 12.2 Å². The molecule has 0 unspecified atom stereocenters. The number of phenolic OH excluding ortho intramolecular Hbond substituents is 1. The van der Waals surface area contributed by atoms with Crippen LogP contribution in [0.3, 0.4) is 0 Å². The molecule has 0 aliphatic heterocycles. The molecule has 1 aromatic carbocycles. The van der Waals surface area contributed by atoms with Crippen molar-refractivity contribution in [1.29, 1.82) is 0 Å². The van der Waals surface area contributed by atoms with Gasteiger partial charge in [0.2, 0.25) is 0 Å². The van der Waals surface area contributed by atoms with E-state index in [2.05, 4.69) is 10.3 Å². The third-order valence-electron chi connectivity index (χ3n) is 3.14. The first-order chi connectivity index (χ1) is 10.1. The van der Waals surface area contributed by atoms with Crippen LogP contribution in [0.1, 0.15) is 28.5 Å². The minimum absolute atomic E-state index is 0.244. The molecular weight excluding hydrogens is 268 g/mol. The lowest BCUT2D eigenvalue weighted by atomic mass is 10.1. The standard InChI is InChI=1S/C16H18N2O3/c1-2-13-9-12(16(20)21)10-15(18-13)17-8-7-11-3-5-14(19)6-4-11/h3-6,9-10,19H,2,7-8H2,1H3,(H,17,18)(H,20,21). The first kappa shape index (κ1) is 14.8. The highest BCUT2D eigenvalue weighted by Crippen LogP contribution is 2.13. The summed E-state index contributed by atoms with van der Waals surface area (Å²) in [6.07, 6.45) is 1.45. The summed E-state index contributed by atoms with van der Waals surface area (Å²) >= 11 is 0. The number of aromatic nitrogens is 1. The van der Waals surface area contributed by atoms with Gasteiger partial charge in [-0.25, -0.2) is 9.78 Å². The molecule has 5 heteroatoms. The number of hydrogen-bond donors (Lipinski definition) is 3. The summed E-state index contributed by atoms with van der Waals surface area (Å²) in [4.78, 5) is 15.4. The molecule has 21 heavy (non-hydrogen) atoms. The lowest BCUT2D eigenvalue weighted by Gasteiger charge is -2.08. The molecule has 0 atom stereocenters. The zero-order valence-electron chi connectivity index (χ0n) is 11.8. The van der Waals surface area contributed by atoms with E-state index in [1.165, 1.54) is 6.07 Å². The smallest absolute Gasteiger partial charge is 0.335 e. The van der Waals surface area contributed by atoms with Gasteiger partial charge in [-0.15, -0.1) is 0 Å². The predicted molar refractivity (Wildman–Crippen MR) is 80.9 cm³/mol. The van der Waals surface area contributed by atoms with Crippen LogP contribution in [0, 0.1) is 0 Å². The molecule has 0 radical (unpaired) electrons. The van der Waals surface area contributed by atoms with E-state index in [4.69, 9.17) is 5.11 Å². The van der Waals surface area contributed by atoms with E-state index in [9.17, 15) is 9.90 Å². The normalized spacial score (nSPS) is 10.3. The van der Waals surface area contributed by atoms with Crippen molar-refractivity contribution in [3.8, 4) is 5.75 Å². The third kappa shape index (κ3) is 4.21. The number of benzene rings is 1. The monoisotopic (exact) mass is 286 g/mol. The predicted octanol–water partition coefficient (Wildman–Crippen LogP) is 2.70. The fourth-order valence-electron chi connectivity index (χ4n) is 1.98. The number of aryl methyl sites for hydroxylation is 1. The number of nitrogens with one attached hydrogen (secondary N) is 1. The van der Waals surface area contributed by atoms with Gasteiger partial charge < -0.3 is 15.5 Å². The third-order valence-corrected chi connectivity index (χ3v) is 3.14. The van der Waals surface area contributed by atoms with Gasteiger partial charge in [-0.3, -0.25) is 0 Å². The van der Waals surface area contributed by atoms with E-state index in [0.717, 1.165) is 17.7 Å². The number of aromatic hydroxyl groups is 1. The van der Waals surface area contributed by atoms with Gasteiger partial charge >= 0.3 is 5.97 Å². The van der Waals surface area contributed by atoms with E-state index in [1.807, 2.05) is 19.1 Å². The quantitative estimate of drug-likeness (QED) is 0.760. The highest BCUT2D eigenvalue weighted by atomic mass is 16.4. The maximum atomic E-state index is 11.1. The molecule has 5 nitrogen and oxygen atoms in total. The van der Waals surface area contributed by atoms with Crippen LogP contribution in [0.2, 0.25) is 0 Å². The van der Waals surface area contributed by atoms with Crippen molar-refractivity contribution < 1.29 is 15.0 Å². The number of pyridine rings is 1. The maximum absolute atomic E-state index is 11.1. The Hall–Kier alpha value is -2.56. The Morgan fingerprint density at radius 3 is 2.57 bits per heavy atom. The highest BCUT2D eigenvalue weighted by Gasteiger charge is 2.07. The Balaban J connectivity index is 2.00. The zero-order chi connectivity index (χ0) is 15.2. The first-order valence-electron chi connectivity index (χ1n) is 6.84. The van der Waals surface area contributed by atoms with Crippen molar-refractivity contribution in [2.45, 2.75) is 19.8 Å². The molecule has 0 amide bonds. The minimum atomic E-state index is -0.950. The summed E-state index contributed by atoms with van der Waals surface area (Å²) < 4.78 is 0. The molecule has 0 aliphatic carbocycles. The van der Waals surface area contributed by atoms with Crippen molar-refractivity contribution in [2.24, 2.45) is 0 Å².